The number of anilines is 1. The van der Waals surface area contributed by atoms with Crippen LogP contribution in [0.2, 0.25) is 0 Å². The molecule has 6 nitrogen and oxygen atoms in total. The van der Waals surface area contributed by atoms with Gasteiger partial charge in [-0.2, -0.15) is 5.26 Å². The molecule has 0 aromatic heterocycles. The van der Waals surface area contributed by atoms with E-state index in [0.717, 1.165) is 5.56 Å². The van der Waals surface area contributed by atoms with Crippen LogP contribution in [0.15, 0.2) is 107 Å². The Hall–Kier alpha value is -4.28. The minimum absolute atomic E-state index is 0.0379. The number of allylic oxidation sites excluding steroid dienone is 2. The van der Waals surface area contributed by atoms with Gasteiger partial charge in [0.1, 0.15) is 5.75 Å². The summed E-state index contributed by atoms with van der Waals surface area (Å²) in [7, 11) is 0. The fourth-order valence-corrected chi connectivity index (χ4v) is 5.14. The molecule has 1 aliphatic rings. The topological polar surface area (TPSA) is 91.2 Å². The van der Waals surface area contributed by atoms with Crippen molar-refractivity contribution in [1.29, 1.82) is 5.26 Å². The van der Waals surface area contributed by atoms with Crippen molar-refractivity contribution in [2.75, 3.05) is 17.7 Å². The Labute approximate surface area is 221 Å². The molecule has 7 heteroatoms. The van der Waals surface area contributed by atoms with Crippen molar-refractivity contribution >= 4 is 29.1 Å². The van der Waals surface area contributed by atoms with Crippen LogP contribution in [0.3, 0.4) is 0 Å². The van der Waals surface area contributed by atoms with E-state index in [2.05, 4.69) is 16.7 Å². The van der Waals surface area contributed by atoms with Gasteiger partial charge in [-0.25, -0.2) is 0 Å². The maximum atomic E-state index is 13.5. The fourth-order valence-electron chi connectivity index (χ4n) is 4.15. The average Bonchev–Trinajstić information content (AvgIpc) is 2.93. The number of amides is 1. The van der Waals surface area contributed by atoms with Crippen molar-refractivity contribution in [3.63, 3.8) is 0 Å². The molecule has 3 aromatic rings. The number of carbonyl (C=O) groups excluding carboxylic acids is 2. The number of hydrogen-bond donors (Lipinski definition) is 2. The maximum Gasteiger partial charge on any atom is 0.254 e. The standard InChI is InChI=1S/C30H27N3O3S/c1-3-36-24-16-14-22(15-17-24)28-25(18-31)30(37-19-26(34)21-10-6-4-7-11-21)32-20(2)27(28)29(35)33-23-12-8-5-9-13-23/h4-17,28,32H,3,19H2,1-2H3,(H,33,35). The predicted molar refractivity (Wildman–Crippen MR) is 147 cm³/mol. The highest BCUT2D eigenvalue weighted by Gasteiger charge is 2.35. The van der Waals surface area contributed by atoms with Crippen molar-refractivity contribution in [3.8, 4) is 11.8 Å². The molecule has 1 unspecified atom stereocenters. The van der Waals surface area contributed by atoms with Crippen LogP contribution in [-0.4, -0.2) is 24.1 Å². The van der Waals surface area contributed by atoms with Crippen molar-refractivity contribution in [3.05, 3.63) is 118 Å². The van der Waals surface area contributed by atoms with Crippen LogP contribution in [-0.2, 0) is 4.79 Å². The second kappa shape index (κ2) is 12.1. The number of thioether (sulfide) groups is 1. The van der Waals surface area contributed by atoms with Gasteiger partial charge in [-0.05, 0) is 43.7 Å². The zero-order chi connectivity index (χ0) is 26.2. The molecule has 2 N–H and O–H groups in total. The molecule has 4 rings (SSSR count). The summed E-state index contributed by atoms with van der Waals surface area (Å²) in [6.45, 7) is 4.26. The minimum atomic E-state index is -0.611. The summed E-state index contributed by atoms with van der Waals surface area (Å²) in [5, 5.41) is 17.0. The van der Waals surface area contributed by atoms with Crippen LogP contribution in [0.1, 0.15) is 35.7 Å². The highest BCUT2D eigenvalue weighted by atomic mass is 32.2. The van der Waals surface area contributed by atoms with Crippen LogP contribution in [0, 0.1) is 11.3 Å². The molecule has 0 spiro atoms. The Morgan fingerprint density at radius 1 is 1.00 bits per heavy atom. The summed E-state index contributed by atoms with van der Waals surface area (Å²) in [5.41, 5.74) is 3.52. The van der Waals surface area contributed by atoms with Gasteiger partial charge in [-0.15, -0.1) is 0 Å². The molecule has 3 aromatic carbocycles. The van der Waals surface area contributed by atoms with Gasteiger partial charge in [0.2, 0.25) is 0 Å². The lowest BCUT2D eigenvalue weighted by Gasteiger charge is -2.30. The molecule has 0 aliphatic carbocycles. The first kappa shape index (κ1) is 25.8. The second-order valence-corrected chi connectivity index (χ2v) is 9.34. The van der Waals surface area contributed by atoms with Crippen molar-refractivity contribution < 1.29 is 14.3 Å². The summed E-state index contributed by atoms with van der Waals surface area (Å²) in [5.74, 6) is -0.0789. The highest BCUT2D eigenvalue weighted by Crippen LogP contribution is 2.41. The van der Waals surface area contributed by atoms with E-state index in [9.17, 15) is 14.9 Å². The van der Waals surface area contributed by atoms with Gasteiger partial charge < -0.3 is 15.4 Å². The monoisotopic (exact) mass is 509 g/mol. The molecular formula is C30H27N3O3S. The third-order valence-corrected chi connectivity index (χ3v) is 6.91. The first-order valence-corrected chi connectivity index (χ1v) is 12.9. The number of nitrogens with zero attached hydrogens (tertiary/aromatic N) is 1. The van der Waals surface area contributed by atoms with E-state index >= 15 is 0 Å². The smallest absolute Gasteiger partial charge is 0.254 e. The molecule has 186 valence electrons. The molecule has 0 fully saturated rings. The van der Waals surface area contributed by atoms with Crippen LogP contribution < -0.4 is 15.4 Å². The second-order valence-electron chi connectivity index (χ2n) is 8.35. The SMILES string of the molecule is CCOc1ccc(C2C(C#N)=C(SCC(=O)c3ccccc3)NC(C)=C2C(=O)Nc2ccccc2)cc1. The van der Waals surface area contributed by atoms with Crippen LogP contribution in [0.4, 0.5) is 5.69 Å². The van der Waals surface area contributed by atoms with Crippen molar-refractivity contribution in [1.82, 2.24) is 5.32 Å². The number of para-hydroxylation sites is 1. The zero-order valence-electron chi connectivity index (χ0n) is 20.7. The van der Waals surface area contributed by atoms with Crippen LogP contribution in [0.5, 0.6) is 5.75 Å². The number of ether oxygens (including phenoxy) is 1. The van der Waals surface area contributed by atoms with E-state index in [1.165, 1.54) is 11.8 Å². The van der Waals surface area contributed by atoms with E-state index < -0.39 is 5.92 Å². The quantitative estimate of drug-likeness (QED) is 0.342. The van der Waals surface area contributed by atoms with E-state index in [0.29, 0.717) is 45.5 Å². The van der Waals surface area contributed by atoms with Gasteiger partial charge in [0.15, 0.2) is 5.78 Å². The van der Waals surface area contributed by atoms with Gasteiger partial charge in [0.05, 0.1) is 34.9 Å². The van der Waals surface area contributed by atoms with Gasteiger partial charge in [0, 0.05) is 22.5 Å². The molecule has 1 amide bonds. The van der Waals surface area contributed by atoms with Crippen LogP contribution >= 0.6 is 11.8 Å². The molecule has 0 radical (unpaired) electrons. The van der Waals surface area contributed by atoms with Crippen LogP contribution in [0.25, 0.3) is 0 Å². The zero-order valence-corrected chi connectivity index (χ0v) is 21.5. The summed E-state index contributed by atoms with van der Waals surface area (Å²) in [4.78, 5) is 26.3. The Bertz CT molecular complexity index is 1380. The molecule has 0 bridgehead atoms. The normalized spacial score (nSPS) is 15.0. The predicted octanol–water partition coefficient (Wildman–Crippen LogP) is 6.04. The Morgan fingerprint density at radius 3 is 2.27 bits per heavy atom. The summed E-state index contributed by atoms with van der Waals surface area (Å²) in [6, 6.07) is 28.0. The lowest BCUT2D eigenvalue weighted by atomic mass is 9.82. The van der Waals surface area contributed by atoms with E-state index in [1.54, 1.807) is 12.1 Å². The molecule has 1 aliphatic heterocycles. The molecule has 1 atom stereocenters. The van der Waals surface area contributed by atoms with Gasteiger partial charge in [-0.1, -0.05) is 72.4 Å². The number of Topliss-reactive ketones (excluding diaryl/α,β-unsaturated/α-hetero) is 1. The summed E-state index contributed by atoms with van der Waals surface area (Å²) >= 11 is 1.27. The fraction of sp³-hybridized carbons (Fsp3) is 0.167. The molecule has 0 saturated carbocycles. The molecule has 0 saturated heterocycles. The Morgan fingerprint density at radius 2 is 1.65 bits per heavy atom. The third kappa shape index (κ3) is 6.11. The Balaban J connectivity index is 1.69. The van der Waals surface area contributed by atoms with E-state index in [1.807, 2.05) is 86.6 Å². The van der Waals surface area contributed by atoms with E-state index in [4.69, 9.17) is 4.74 Å². The third-order valence-electron chi connectivity index (χ3n) is 5.89. The largest absolute Gasteiger partial charge is 0.494 e. The molecule has 1 heterocycles. The van der Waals surface area contributed by atoms with Crippen molar-refractivity contribution in [2.24, 2.45) is 0 Å². The lowest BCUT2D eigenvalue weighted by molar-refractivity contribution is -0.113. The Kier molecular flexibility index (Phi) is 8.44. The minimum Gasteiger partial charge on any atom is -0.494 e. The summed E-state index contributed by atoms with van der Waals surface area (Å²) < 4.78 is 5.58. The molecular weight excluding hydrogens is 482 g/mol. The van der Waals surface area contributed by atoms with Gasteiger partial charge in [-0.3, -0.25) is 9.59 Å². The summed E-state index contributed by atoms with van der Waals surface area (Å²) in [6.07, 6.45) is 0. The molecule has 37 heavy (non-hydrogen) atoms. The number of benzene rings is 3. The number of nitrogens with one attached hydrogen (secondary N) is 2. The number of rotatable bonds is 9. The lowest BCUT2D eigenvalue weighted by Crippen LogP contribution is -2.31. The average molecular weight is 510 g/mol. The number of dihydropyridines is 1. The highest BCUT2D eigenvalue weighted by molar-refractivity contribution is 8.03. The number of carbonyl (C=O) groups is 2. The number of ketones is 1. The van der Waals surface area contributed by atoms with Gasteiger partial charge in [0.25, 0.3) is 5.91 Å². The van der Waals surface area contributed by atoms with Gasteiger partial charge >= 0.3 is 0 Å². The maximum absolute atomic E-state index is 13.5. The number of hydrogen-bond acceptors (Lipinski definition) is 6. The first-order chi connectivity index (χ1) is 18.0. The number of nitriles is 1. The first-order valence-electron chi connectivity index (χ1n) is 11.9. The van der Waals surface area contributed by atoms with E-state index in [-0.39, 0.29) is 17.4 Å². The van der Waals surface area contributed by atoms with Crippen molar-refractivity contribution in [2.45, 2.75) is 19.8 Å².